The minimum Gasteiger partial charge on any atom is -0.481 e. The van der Waals surface area contributed by atoms with Crippen LogP contribution in [0, 0.1) is 6.92 Å². The zero-order chi connectivity index (χ0) is 14.5. The van der Waals surface area contributed by atoms with E-state index in [1.165, 1.54) is 5.56 Å². The molecule has 5 nitrogen and oxygen atoms in total. The van der Waals surface area contributed by atoms with Crippen LogP contribution in [-0.4, -0.2) is 16.7 Å². The quantitative estimate of drug-likeness (QED) is 0.797. The second-order valence-corrected chi connectivity index (χ2v) is 5.90. The molecule has 0 fully saturated rings. The third-order valence-electron chi connectivity index (χ3n) is 2.55. The summed E-state index contributed by atoms with van der Waals surface area (Å²) in [6, 6.07) is 4.06. The lowest BCUT2D eigenvalue weighted by molar-refractivity contribution is 0.240. The number of halogens is 2. The molecule has 1 heterocycles. The van der Waals surface area contributed by atoms with Gasteiger partial charge in [0.05, 0.1) is 8.95 Å². The molecule has 0 amide bonds. The third-order valence-corrected chi connectivity index (χ3v) is 3.72. The first-order valence-electron chi connectivity index (χ1n) is 6.20. The number of aromatic nitrogens is 2. The monoisotopic (exact) mass is 403 g/mol. The highest BCUT2D eigenvalue weighted by atomic mass is 79.9. The summed E-state index contributed by atoms with van der Waals surface area (Å²) in [6.07, 6.45) is 0. The summed E-state index contributed by atoms with van der Waals surface area (Å²) >= 11 is 7.04. The Bertz CT molecular complexity index is 564. The Labute approximate surface area is 134 Å². The van der Waals surface area contributed by atoms with E-state index in [0.717, 1.165) is 27.8 Å². The fourth-order valence-corrected chi connectivity index (χ4v) is 3.16. The van der Waals surface area contributed by atoms with Gasteiger partial charge in [0, 0.05) is 6.54 Å². The Morgan fingerprint density at radius 1 is 1.30 bits per heavy atom. The molecule has 0 aliphatic carbocycles. The lowest BCUT2D eigenvalue weighted by Crippen LogP contribution is -2.11. The molecule has 0 unspecified atom stereocenters. The van der Waals surface area contributed by atoms with Crippen LogP contribution in [0.4, 0.5) is 0 Å². The van der Waals surface area contributed by atoms with Crippen molar-refractivity contribution in [2.75, 3.05) is 6.54 Å². The summed E-state index contributed by atoms with van der Waals surface area (Å²) in [5.41, 5.74) is 1.17. The summed E-state index contributed by atoms with van der Waals surface area (Å²) in [5.74, 6) is 1.78. The van der Waals surface area contributed by atoms with Gasteiger partial charge in [-0.05, 0) is 63.0 Å². The Kier molecular flexibility index (Phi) is 5.56. The molecule has 0 saturated carbocycles. The molecule has 0 spiro atoms. The topological polar surface area (TPSA) is 60.2 Å². The minimum atomic E-state index is 0.241. The van der Waals surface area contributed by atoms with Crippen LogP contribution in [-0.2, 0) is 13.2 Å². The van der Waals surface area contributed by atoms with Crippen LogP contribution in [0.1, 0.15) is 24.2 Å². The van der Waals surface area contributed by atoms with Crippen LogP contribution < -0.4 is 10.1 Å². The van der Waals surface area contributed by atoms with Gasteiger partial charge in [0.15, 0.2) is 12.4 Å². The molecule has 1 N–H and O–H groups in total. The van der Waals surface area contributed by atoms with Crippen LogP contribution in [0.25, 0.3) is 0 Å². The molecule has 2 rings (SSSR count). The zero-order valence-corrected chi connectivity index (χ0v) is 14.4. The van der Waals surface area contributed by atoms with Crippen LogP contribution in [0.5, 0.6) is 5.75 Å². The highest BCUT2D eigenvalue weighted by Crippen LogP contribution is 2.35. The minimum absolute atomic E-state index is 0.241. The van der Waals surface area contributed by atoms with Crippen molar-refractivity contribution in [3.63, 3.8) is 0 Å². The van der Waals surface area contributed by atoms with E-state index in [0.29, 0.717) is 11.7 Å². The summed E-state index contributed by atoms with van der Waals surface area (Å²) in [5, 5.41) is 7.01. The molecule has 20 heavy (non-hydrogen) atoms. The molecule has 1 aromatic heterocycles. The smallest absolute Gasteiger partial charge is 0.264 e. The van der Waals surface area contributed by atoms with Gasteiger partial charge in [-0.25, -0.2) is 0 Å². The number of hydrogen-bond acceptors (Lipinski definition) is 5. The fourth-order valence-electron chi connectivity index (χ4n) is 1.65. The third kappa shape index (κ3) is 4.04. The summed E-state index contributed by atoms with van der Waals surface area (Å²) in [7, 11) is 0. The maximum Gasteiger partial charge on any atom is 0.264 e. The lowest BCUT2D eigenvalue weighted by atomic mass is 10.2. The second-order valence-electron chi connectivity index (χ2n) is 4.19. The first-order valence-corrected chi connectivity index (χ1v) is 7.79. The Balaban J connectivity index is 2.07. The Morgan fingerprint density at radius 2 is 2.00 bits per heavy atom. The van der Waals surface area contributed by atoms with Crippen molar-refractivity contribution in [2.24, 2.45) is 0 Å². The Hall–Kier alpha value is -0.920. The van der Waals surface area contributed by atoms with Crippen LogP contribution in [0.15, 0.2) is 25.6 Å². The van der Waals surface area contributed by atoms with Gasteiger partial charge in [0.1, 0.15) is 5.75 Å². The summed E-state index contributed by atoms with van der Waals surface area (Å²) < 4.78 is 12.5. The molecule has 0 aliphatic heterocycles. The normalized spacial score (nSPS) is 10.8. The van der Waals surface area contributed by atoms with Gasteiger partial charge in [-0.1, -0.05) is 12.1 Å². The largest absolute Gasteiger partial charge is 0.481 e. The van der Waals surface area contributed by atoms with E-state index in [2.05, 4.69) is 54.2 Å². The summed E-state index contributed by atoms with van der Waals surface area (Å²) in [6.45, 7) is 5.84. The van der Waals surface area contributed by atoms with Gasteiger partial charge < -0.3 is 14.6 Å². The molecule has 0 atom stereocenters. The molecule has 0 bridgehead atoms. The predicted octanol–water partition coefficient (Wildman–Crippen LogP) is 3.59. The number of rotatable bonds is 6. The van der Waals surface area contributed by atoms with E-state index in [1.54, 1.807) is 6.92 Å². The van der Waals surface area contributed by atoms with E-state index in [-0.39, 0.29) is 6.61 Å². The van der Waals surface area contributed by atoms with Crippen LogP contribution in [0.2, 0.25) is 0 Å². The van der Waals surface area contributed by atoms with E-state index < -0.39 is 0 Å². The van der Waals surface area contributed by atoms with E-state index in [9.17, 15) is 0 Å². The molecule has 2 aromatic rings. The maximum absolute atomic E-state index is 5.72. The van der Waals surface area contributed by atoms with Gasteiger partial charge >= 0.3 is 0 Å². The average molecular weight is 405 g/mol. The Morgan fingerprint density at radius 3 is 2.55 bits per heavy atom. The van der Waals surface area contributed by atoms with Gasteiger partial charge in [0.25, 0.3) is 5.89 Å². The van der Waals surface area contributed by atoms with Crippen LogP contribution in [0.3, 0.4) is 0 Å². The van der Waals surface area contributed by atoms with Crippen molar-refractivity contribution in [1.29, 1.82) is 0 Å². The first-order chi connectivity index (χ1) is 9.60. The molecule has 0 radical (unpaired) electrons. The SMILES string of the molecule is CCNCc1cc(Br)c(OCc2nc(C)no2)c(Br)c1. The van der Waals surface area contributed by atoms with Crippen molar-refractivity contribution in [3.8, 4) is 5.75 Å². The maximum atomic E-state index is 5.72. The fraction of sp³-hybridized carbons (Fsp3) is 0.385. The number of ether oxygens (including phenoxy) is 1. The number of nitrogens with one attached hydrogen (secondary N) is 1. The van der Waals surface area contributed by atoms with Crippen molar-refractivity contribution in [2.45, 2.75) is 27.0 Å². The van der Waals surface area contributed by atoms with Gasteiger partial charge in [-0.3, -0.25) is 0 Å². The first kappa shape index (κ1) is 15.5. The van der Waals surface area contributed by atoms with Crippen molar-refractivity contribution >= 4 is 31.9 Å². The molecular weight excluding hydrogens is 390 g/mol. The molecular formula is C13H15Br2N3O2. The van der Waals surface area contributed by atoms with Gasteiger partial charge in [-0.15, -0.1) is 0 Å². The standard InChI is InChI=1S/C13H15Br2N3O2/c1-3-16-6-9-4-10(14)13(11(15)5-9)19-7-12-17-8(2)18-20-12/h4-5,16H,3,6-7H2,1-2H3. The average Bonchev–Trinajstić information content (AvgIpc) is 2.81. The number of aryl methyl sites for hydroxylation is 1. The van der Waals surface area contributed by atoms with E-state index in [4.69, 9.17) is 9.26 Å². The molecule has 1 aromatic carbocycles. The molecule has 108 valence electrons. The van der Waals surface area contributed by atoms with Gasteiger partial charge in [0.2, 0.25) is 0 Å². The van der Waals surface area contributed by atoms with E-state index >= 15 is 0 Å². The zero-order valence-electron chi connectivity index (χ0n) is 11.2. The lowest BCUT2D eigenvalue weighted by Gasteiger charge is -2.11. The number of hydrogen-bond donors (Lipinski definition) is 1. The molecule has 0 aliphatic rings. The second kappa shape index (κ2) is 7.19. The molecule has 0 saturated heterocycles. The van der Waals surface area contributed by atoms with E-state index in [1.807, 2.05) is 12.1 Å². The van der Waals surface area contributed by atoms with Crippen LogP contribution >= 0.6 is 31.9 Å². The number of benzene rings is 1. The van der Waals surface area contributed by atoms with Crippen molar-refractivity contribution < 1.29 is 9.26 Å². The highest BCUT2D eigenvalue weighted by Gasteiger charge is 2.11. The van der Waals surface area contributed by atoms with Crippen molar-refractivity contribution in [1.82, 2.24) is 15.5 Å². The highest BCUT2D eigenvalue weighted by molar-refractivity contribution is 9.11. The van der Waals surface area contributed by atoms with Gasteiger partial charge in [-0.2, -0.15) is 4.98 Å². The predicted molar refractivity (Wildman–Crippen MR) is 82.6 cm³/mol. The van der Waals surface area contributed by atoms with Crippen molar-refractivity contribution in [3.05, 3.63) is 38.4 Å². The number of nitrogens with zero attached hydrogens (tertiary/aromatic N) is 2. The summed E-state index contributed by atoms with van der Waals surface area (Å²) in [4.78, 5) is 4.10. The molecule has 7 heteroatoms.